The molecule has 1 N–H and O–H groups in total. The number of rotatable bonds is 3. The van der Waals surface area contributed by atoms with E-state index in [9.17, 15) is 9.59 Å². The van der Waals surface area contributed by atoms with Crippen LogP contribution in [0.5, 0.6) is 0 Å². The van der Waals surface area contributed by atoms with E-state index in [0.717, 1.165) is 47.7 Å². The summed E-state index contributed by atoms with van der Waals surface area (Å²) in [6, 6.07) is 21.2. The molecule has 152 valence electrons. The SMILES string of the molecule is O=C1C[C@@H]([NH+]2CCN(c3ccc(Cl)cc3)CC2)C(=O)N1c1cccc2ccccc12. The highest BCUT2D eigenvalue weighted by atomic mass is 35.5. The highest BCUT2D eigenvalue weighted by Gasteiger charge is 2.46. The predicted molar refractivity (Wildman–Crippen MR) is 119 cm³/mol. The van der Waals surface area contributed by atoms with Gasteiger partial charge in [-0.3, -0.25) is 9.59 Å². The number of fused-ring (bicyclic) bond motifs is 1. The largest absolute Gasteiger partial charge is 0.360 e. The standard InChI is InChI=1S/C24H22ClN3O2/c25-18-8-10-19(11-9-18)26-12-14-27(15-13-26)22-16-23(29)28(24(22)30)21-7-3-5-17-4-1-2-6-20(17)21/h1-11,22H,12-16H2/p+1/t22-/m1/s1. The Morgan fingerprint density at radius 1 is 0.867 bits per heavy atom. The molecule has 2 fully saturated rings. The van der Waals surface area contributed by atoms with Gasteiger partial charge in [0, 0.05) is 16.1 Å². The maximum Gasteiger partial charge on any atom is 0.292 e. The first-order valence-corrected chi connectivity index (χ1v) is 10.7. The van der Waals surface area contributed by atoms with Gasteiger partial charge in [-0.05, 0) is 35.7 Å². The zero-order chi connectivity index (χ0) is 20.7. The van der Waals surface area contributed by atoms with Gasteiger partial charge in [-0.15, -0.1) is 0 Å². The Hall–Kier alpha value is -2.89. The van der Waals surface area contributed by atoms with Crippen LogP contribution in [0, 0.1) is 0 Å². The van der Waals surface area contributed by atoms with E-state index in [1.165, 1.54) is 9.80 Å². The summed E-state index contributed by atoms with van der Waals surface area (Å²) in [5.41, 5.74) is 1.84. The van der Waals surface area contributed by atoms with Gasteiger partial charge in [0.2, 0.25) is 5.91 Å². The maximum atomic E-state index is 13.3. The molecule has 2 aliphatic heterocycles. The number of carbonyl (C=O) groups excluding carboxylic acids is 2. The second kappa shape index (κ2) is 7.74. The maximum absolute atomic E-state index is 13.3. The summed E-state index contributed by atoms with van der Waals surface area (Å²) < 4.78 is 0. The number of benzene rings is 3. The minimum absolute atomic E-state index is 0.0775. The van der Waals surface area contributed by atoms with Crippen LogP contribution < -0.4 is 14.7 Å². The molecular formula is C24H23ClN3O2+. The summed E-state index contributed by atoms with van der Waals surface area (Å²) in [5.74, 6) is -0.180. The minimum Gasteiger partial charge on any atom is -0.360 e. The average Bonchev–Trinajstić information content (AvgIpc) is 3.08. The van der Waals surface area contributed by atoms with E-state index in [0.29, 0.717) is 5.69 Å². The highest BCUT2D eigenvalue weighted by Crippen LogP contribution is 2.30. The Balaban J connectivity index is 1.33. The first-order valence-electron chi connectivity index (χ1n) is 10.3. The van der Waals surface area contributed by atoms with E-state index in [2.05, 4.69) is 4.90 Å². The second-order valence-corrected chi connectivity index (χ2v) is 8.38. The second-order valence-electron chi connectivity index (χ2n) is 7.94. The summed E-state index contributed by atoms with van der Waals surface area (Å²) in [6.07, 6.45) is 0.276. The number of nitrogens with one attached hydrogen (secondary N) is 1. The molecule has 3 aromatic rings. The molecule has 6 heteroatoms. The lowest BCUT2D eigenvalue weighted by Gasteiger charge is -2.35. The van der Waals surface area contributed by atoms with E-state index >= 15 is 0 Å². The quantitative estimate of drug-likeness (QED) is 0.662. The molecule has 30 heavy (non-hydrogen) atoms. The van der Waals surface area contributed by atoms with Gasteiger partial charge >= 0.3 is 0 Å². The van der Waals surface area contributed by atoms with Crippen LogP contribution in [0.4, 0.5) is 11.4 Å². The first kappa shape index (κ1) is 19.1. The van der Waals surface area contributed by atoms with Crippen LogP contribution in [0.25, 0.3) is 10.8 Å². The Kier molecular flexibility index (Phi) is 4.93. The monoisotopic (exact) mass is 420 g/mol. The zero-order valence-electron chi connectivity index (χ0n) is 16.6. The van der Waals surface area contributed by atoms with E-state index in [1.807, 2.05) is 66.7 Å². The highest BCUT2D eigenvalue weighted by molar-refractivity contribution is 6.30. The Morgan fingerprint density at radius 3 is 2.33 bits per heavy atom. The molecule has 0 saturated carbocycles. The molecule has 0 bridgehead atoms. The third kappa shape index (κ3) is 3.34. The van der Waals surface area contributed by atoms with Gasteiger partial charge in [-0.25, -0.2) is 4.90 Å². The van der Waals surface area contributed by atoms with Crippen molar-refractivity contribution < 1.29 is 14.5 Å². The third-order valence-electron chi connectivity index (χ3n) is 6.24. The normalized spacial score (nSPS) is 20.4. The Morgan fingerprint density at radius 2 is 1.57 bits per heavy atom. The molecular weight excluding hydrogens is 398 g/mol. The first-order chi connectivity index (χ1) is 14.6. The van der Waals surface area contributed by atoms with Crippen LogP contribution in [-0.2, 0) is 9.59 Å². The van der Waals surface area contributed by atoms with E-state index in [-0.39, 0.29) is 24.3 Å². The summed E-state index contributed by atoms with van der Waals surface area (Å²) in [6.45, 7) is 3.36. The molecule has 5 nitrogen and oxygen atoms in total. The number of amides is 2. The van der Waals surface area contributed by atoms with Gasteiger partial charge in [-0.1, -0.05) is 48.0 Å². The Labute approximate surface area is 180 Å². The number of carbonyl (C=O) groups is 2. The van der Waals surface area contributed by atoms with Gasteiger partial charge in [-0.2, -0.15) is 0 Å². The van der Waals surface area contributed by atoms with Crippen molar-refractivity contribution in [1.29, 1.82) is 0 Å². The van der Waals surface area contributed by atoms with Crippen molar-refractivity contribution in [3.8, 4) is 0 Å². The summed E-state index contributed by atoms with van der Waals surface area (Å²) >= 11 is 5.99. The van der Waals surface area contributed by atoms with Crippen molar-refractivity contribution in [2.24, 2.45) is 0 Å². The topological polar surface area (TPSA) is 45.1 Å². The third-order valence-corrected chi connectivity index (χ3v) is 6.50. The van der Waals surface area contributed by atoms with Crippen molar-refractivity contribution >= 4 is 45.6 Å². The lowest BCUT2D eigenvalue weighted by atomic mass is 10.1. The van der Waals surface area contributed by atoms with E-state index < -0.39 is 0 Å². The van der Waals surface area contributed by atoms with E-state index in [1.54, 1.807) is 0 Å². The fourth-order valence-corrected chi connectivity index (χ4v) is 4.79. The van der Waals surface area contributed by atoms with Gasteiger partial charge in [0.15, 0.2) is 6.04 Å². The summed E-state index contributed by atoms with van der Waals surface area (Å²) in [5, 5.41) is 2.69. The van der Waals surface area contributed by atoms with Gasteiger partial charge in [0.1, 0.15) is 0 Å². The van der Waals surface area contributed by atoms with Gasteiger partial charge in [0.05, 0.1) is 38.3 Å². The van der Waals surface area contributed by atoms with Crippen molar-refractivity contribution in [2.75, 3.05) is 36.0 Å². The summed E-state index contributed by atoms with van der Waals surface area (Å²) in [7, 11) is 0. The molecule has 2 aliphatic rings. The van der Waals surface area contributed by atoms with Crippen molar-refractivity contribution in [2.45, 2.75) is 12.5 Å². The molecule has 3 aromatic carbocycles. The lowest BCUT2D eigenvalue weighted by Crippen LogP contribution is -3.19. The molecule has 0 radical (unpaired) electrons. The number of nitrogens with zero attached hydrogens (tertiary/aromatic N) is 2. The Bertz CT molecular complexity index is 1100. The molecule has 0 aliphatic carbocycles. The number of hydrogen-bond donors (Lipinski definition) is 1. The molecule has 0 unspecified atom stereocenters. The molecule has 2 amide bonds. The van der Waals surface area contributed by atoms with Crippen molar-refractivity contribution in [3.05, 3.63) is 71.8 Å². The molecule has 0 aromatic heterocycles. The van der Waals surface area contributed by atoms with Crippen LogP contribution in [-0.4, -0.2) is 44.0 Å². The molecule has 5 rings (SSSR count). The zero-order valence-corrected chi connectivity index (χ0v) is 17.3. The molecule has 2 saturated heterocycles. The fraction of sp³-hybridized carbons (Fsp3) is 0.250. The molecule has 1 atom stereocenters. The smallest absolute Gasteiger partial charge is 0.292 e. The van der Waals surface area contributed by atoms with E-state index in [4.69, 9.17) is 11.6 Å². The number of quaternary nitrogens is 1. The minimum atomic E-state index is -0.302. The number of piperazine rings is 1. The van der Waals surface area contributed by atoms with Crippen LogP contribution in [0.15, 0.2) is 66.7 Å². The number of imide groups is 1. The van der Waals surface area contributed by atoms with Gasteiger partial charge in [0.25, 0.3) is 5.91 Å². The lowest BCUT2D eigenvalue weighted by molar-refractivity contribution is -0.915. The van der Waals surface area contributed by atoms with Crippen LogP contribution in [0.2, 0.25) is 5.02 Å². The number of hydrogen-bond acceptors (Lipinski definition) is 3. The van der Waals surface area contributed by atoms with Crippen LogP contribution >= 0.6 is 11.6 Å². The number of halogens is 1. The fourth-order valence-electron chi connectivity index (χ4n) is 4.66. The molecule has 2 heterocycles. The predicted octanol–water partition coefficient (Wildman–Crippen LogP) is 2.53. The van der Waals surface area contributed by atoms with Crippen LogP contribution in [0.3, 0.4) is 0 Å². The summed E-state index contributed by atoms with van der Waals surface area (Å²) in [4.78, 5) is 31.1. The van der Waals surface area contributed by atoms with Crippen molar-refractivity contribution in [3.63, 3.8) is 0 Å². The average molecular weight is 421 g/mol. The number of anilines is 2. The van der Waals surface area contributed by atoms with Crippen molar-refractivity contribution in [1.82, 2.24) is 0 Å². The van der Waals surface area contributed by atoms with Crippen LogP contribution in [0.1, 0.15) is 6.42 Å². The van der Waals surface area contributed by atoms with Gasteiger partial charge < -0.3 is 9.80 Å². The molecule has 0 spiro atoms.